The fraction of sp³-hybridized carbons (Fsp3) is 0.353. The van der Waals surface area contributed by atoms with Gasteiger partial charge in [-0.15, -0.1) is 21.5 Å². The number of anilines is 2. The standard InChI is InChI=1S/C17H17N7OS/c1-11-4-5-22(7-11)14-2-3-15(20-19-14)24-8-12-13(21-24)9-23(17(12)25)16-6-18-10-26-16/h2-3,6,8,10-11H,4-5,7,9H2,1H3/t11-/m0/s1. The molecule has 0 aliphatic carbocycles. The molecule has 1 atom stereocenters. The van der Waals surface area contributed by atoms with Crippen LogP contribution in [-0.4, -0.2) is 44.0 Å². The van der Waals surface area contributed by atoms with Gasteiger partial charge in [-0.1, -0.05) is 6.92 Å². The third-order valence-electron chi connectivity index (χ3n) is 4.88. The fourth-order valence-electron chi connectivity index (χ4n) is 3.46. The quantitative estimate of drug-likeness (QED) is 0.705. The molecule has 0 bridgehead atoms. The zero-order valence-corrected chi connectivity index (χ0v) is 15.1. The van der Waals surface area contributed by atoms with Crippen LogP contribution in [0.1, 0.15) is 29.4 Å². The van der Waals surface area contributed by atoms with Crippen LogP contribution in [0, 0.1) is 5.92 Å². The van der Waals surface area contributed by atoms with Gasteiger partial charge in [-0.2, -0.15) is 5.10 Å². The summed E-state index contributed by atoms with van der Waals surface area (Å²) in [7, 11) is 0. The summed E-state index contributed by atoms with van der Waals surface area (Å²) < 4.78 is 1.63. The minimum Gasteiger partial charge on any atom is -0.355 e. The molecule has 1 fully saturated rings. The molecule has 132 valence electrons. The van der Waals surface area contributed by atoms with Crippen molar-refractivity contribution in [3.8, 4) is 5.82 Å². The molecule has 0 spiro atoms. The summed E-state index contributed by atoms with van der Waals surface area (Å²) in [6.07, 6.45) is 4.62. The number of hydrogen-bond acceptors (Lipinski definition) is 7. The van der Waals surface area contributed by atoms with E-state index in [1.54, 1.807) is 27.5 Å². The topological polar surface area (TPSA) is 80.0 Å². The maximum atomic E-state index is 12.6. The van der Waals surface area contributed by atoms with E-state index in [2.05, 4.69) is 32.1 Å². The average molecular weight is 367 g/mol. The highest BCUT2D eigenvalue weighted by atomic mass is 32.1. The number of fused-ring (bicyclic) bond motifs is 1. The van der Waals surface area contributed by atoms with Crippen molar-refractivity contribution >= 4 is 28.1 Å². The molecule has 0 saturated carbocycles. The Bertz CT molecular complexity index is 950. The van der Waals surface area contributed by atoms with E-state index in [9.17, 15) is 4.79 Å². The van der Waals surface area contributed by atoms with E-state index in [4.69, 9.17) is 0 Å². The molecule has 5 rings (SSSR count). The van der Waals surface area contributed by atoms with Crippen molar-refractivity contribution < 1.29 is 4.79 Å². The van der Waals surface area contributed by atoms with Gasteiger partial charge in [-0.3, -0.25) is 14.7 Å². The molecule has 8 nitrogen and oxygen atoms in total. The fourth-order valence-corrected chi connectivity index (χ4v) is 4.09. The van der Waals surface area contributed by atoms with Crippen molar-refractivity contribution in [2.24, 2.45) is 5.92 Å². The Morgan fingerprint density at radius 2 is 2.08 bits per heavy atom. The summed E-state index contributed by atoms with van der Waals surface area (Å²) >= 11 is 1.44. The third-order valence-corrected chi connectivity index (χ3v) is 5.67. The number of aromatic nitrogens is 5. The molecule has 2 aliphatic rings. The number of carbonyl (C=O) groups is 1. The molecule has 26 heavy (non-hydrogen) atoms. The normalized spacial score (nSPS) is 19.4. The number of hydrogen-bond donors (Lipinski definition) is 0. The van der Waals surface area contributed by atoms with Gasteiger partial charge in [-0.25, -0.2) is 4.68 Å². The summed E-state index contributed by atoms with van der Waals surface area (Å²) in [6, 6.07) is 3.87. The zero-order valence-electron chi connectivity index (χ0n) is 14.2. The Labute approximate surface area is 154 Å². The van der Waals surface area contributed by atoms with Crippen molar-refractivity contribution in [2.75, 3.05) is 22.9 Å². The zero-order chi connectivity index (χ0) is 17.7. The SMILES string of the molecule is C[C@H]1CCN(c2ccc(-n3cc4c(n3)CN(c3cncs3)C4=O)nn2)C1. The highest BCUT2D eigenvalue weighted by Gasteiger charge is 2.33. The smallest absolute Gasteiger partial charge is 0.262 e. The Morgan fingerprint density at radius 3 is 2.73 bits per heavy atom. The van der Waals surface area contributed by atoms with Crippen LogP contribution in [0.3, 0.4) is 0 Å². The van der Waals surface area contributed by atoms with Crippen LogP contribution in [0.25, 0.3) is 5.82 Å². The Hall–Kier alpha value is -2.81. The lowest BCUT2D eigenvalue weighted by Crippen LogP contribution is -2.23. The summed E-state index contributed by atoms with van der Waals surface area (Å²) in [5.41, 5.74) is 3.08. The van der Waals surface area contributed by atoms with Crippen LogP contribution < -0.4 is 9.80 Å². The summed E-state index contributed by atoms with van der Waals surface area (Å²) in [6.45, 7) is 4.75. The summed E-state index contributed by atoms with van der Waals surface area (Å²) in [5, 5.41) is 14.0. The second kappa shape index (κ2) is 5.87. The molecule has 1 saturated heterocycles. The van der Waals surface area contributed by atoms with Gasteiger partial charge < -0.3 is 4.90 Å². The monoisotopic (exact) mass is 367 g/mol. The first-order valence-corrected chi connectivity index (χ1v) is 9.45. The van der Waals surface area contributed by atoms with Crippen LogP contribution in [0.5, 0.6) is 0 Å². The van der Waals surface area contributed by atoms with Gasteiger partial charge in [-0.05, 0) is 24.5 Å². The minimum absolute atomic E-state index is 0.0499. The van der Waals surface area contributed by atoms with E-state index in [0.717, 1.165) is 29.6 Å². The van der Waals surface area contributed by atoms with Gasteiger partial charge in [0.15, 0.2) is 11.6 Å². The van der Waals surface area contributed by atoms with Crippen molar-refractivity contribution in [3.05, 3.63) is 41.3 Å². The molecule has 9 heteroatoms. The van der Waals surface area contributed by atoms with Gasteiger partial charge >= 0.3 is 0 Å². The molecule has 0 radical (unpaired) electrons. The summed E-state index contributed by atoms with van der Waals surface area (Å²) in [5.74, 6) is 2.15. The number of rotatable bonds is 3. The van der Waals surface area contributed by atoms with Gasteiger partial charge in [0.1, 0.15) is 5.00 Å². The van der Waals surface area contributed by atoms with Crippen molar-refractivity contribution in [3.63, 3.8) is 0 Å². The lowest BCUT2D eigenvalue weighted by Gasteiger charge is -2.16. The maximum Gasteiger partial charge on any atom is 0.262 e. The second-order valence-electron chi connectivity index (χ2n) is 6.75. The number of thiazole rings is 1. The Morgan fingerprint density at radius 1 is 1.23 bits per heavy atom. The van der Waals surface area contributed by atoms with E-state index >= 15 is 0 Å². The highest BCUT2D eigenvalue weighted by molar-refractivity contribution is 7.14. The van der Waals surface area contributed by atoms with E-state index in [0.29, 0.717) is 23.8 Å². The van der Waals surface area contributed by atoms with Crippen molar-refractivity contribution in [1.82, 2.24) is 25.0 Å². The van der Waals surface area contributed by atoms with Crippen molar-refractivity contribution in [1.29, 1.82) is 0 Å². The molecular weight excluding hydrogens is 350 g/mol. The lowest BCUT2D eigenvalue weighted by molar-refractivity contribution is 0.0997. The van der Waals surface area contributed by atoms with E-state index in [-0.39, 0.29) is 5.91 Å². The van der Waals surface area contributed by atoms with Crippen LogP contribution in [0.15, 0.2) is 30.0 Å². The lowest BCUT2D eigenvalue weighted by atomic mass is 10.2. The molecule has 5 heterocycles. The first-order valence-electron chi connectivity index (χ1n) is 8.57. The second-order valence-corrected chi connectivity index (χ2v) is 7.62. The number of nitrogens with zero attached hydrogens (tertiary/aromatic N) is 7. The van der Waals surface area contributed by atoms with Gasteiger partial charge in [0.25, 0.3) is 5.91 Å². The van der Waals surface area contributed by atoms with Gasteiger partial charge in [0, 0.05) is 19.3 Å². The molecule has 1 amide bonds. The average Bonchev–Trinajstić information content (AvgIpc) is 3.41. The minimum atomic E-state index is -0.0499. The van der Waals surface area contributed by atoms with Crippen LogP contribution in [0.4, 0.5) is 10.8 Å². The Balaban J connectivity index is 1.37. The largest absolute Gasteiger partial charge is 0.355 e. The molecule has 3 aromatic rings. The van der Waals surface area contributed by atoms with Crippen LogP contribution in [-0.2, 0) is 6.54 Å². The first kappa shape index (κ1) is 15.4. The predicted molar refractivity (Wildman–Crippen MR) is 97.8 cm³/mol. The summed E-state index contributed by atoms with van der Waals surface area (Å²) in [4.78, 5) is 20.6. The van der Waals surface area contributed by atoms with Crippen LogP contribution >= 0.6 is 11.3 Å². The number of carbonyl (C=O) groups excluding carboxylic acids is 1. The number of amides is 1. The van der Waals surface area contributed by atoms with E-state index in [1.807, 2.05) is 12.1 Å². The first-order chi connectivity index (χ1) is 12.7. The van der Waals surface area contributed by atoms with Crippen molar-refractivity contribution in [2.45, 2.75) is 19.9 Å². The van der Waals surface area contributed by atoms with E-state index in [1.165, 1.54) is 17.8 Å². The van der Waals surface area contributed by atoms with Gasteiger partial charge in [0.05, 0.1) is 29.5 Å². The predicted octanol–water partition coefficient (Wildman–Crippen LogP) is 2.13. The maximum absolute atomic E-state index is 12.6. The van der Waals surface area contributed by atoms with Crippen LogP contribution in [0.2, 0.25) is 0 Å². The highest BCUT2D eigenvalue weighted by Crippen LogP contribution is 2.30. The molecule has 0 aromatic carbocycles. The molecule has 0 N–H and O–H groups in total. The molecular formula is C17H17N7OS. The Kier molecular flexibility index (Phi) is 3.49. The molecule has 3 aromatic heterocycles. The van der Waals surface area contributed by atoms with E-state index < -0.39 is 0 Å². The third kappa shape index (κ3) is 2.47. The van der Waals surface area contributed by atoms with Gasteiger partial charge in [0.2, 0.25) is 0 Å². The molecule has 2 aliphatic heterocycles. The molecule has 0 unspecified atom stereocenters.